The van der Waals surface area contributed by atoms with Crippen LogP contribution in [0, 0.1) is 5.82 Å². The molecule has 0 spiro atoms. The zero-order valence-corrected chi connectivity index (χ0v) is 12.7. The molecule has 1 amide bonds. The number of nitrogens with one attached hydrogen (secondary N) is 1. The van der Waals surface area contributed by atoms with Crippen molar-refractivity contribution in [2.24, 2.45) is 0 Å². The normalized spacial score (nSPS) is 18.3. The highest BCUT2D eigenvalue weighted by Gasteiger charge is 2.26. The number of carbonyl (C=O) groups is 1. The van der Waals surface area contributed by atoms with Crippen LogP contribution in [0.3, 0.4) is 0 Å². The molecule has 116 valence electrons. The van der Waals surface area contributed by atoms with Crippen LogP contribution in [-0.4, -0.2) is 43.6 Å². The van der Waals surface area contributed by atoms with Gasteiger partial charge in [-0.3, -0.25) is 4.79 Å². The van der Waals surface area contributed by atoms with Crippen molar-refractivity contribution in [3.05, 3.63) is 29.6 Å². The molecule has 1 aromatic rings. The van der Waals surface area contributed by atoms with Crippen LogP contribution in [-0.2, 0) is 0 Å². The van der Waals surface area contributed by atoms with Gasteiger partial charge in [0.2, 0.25) is 0 Å². The fourth-order valence-corrected chi connectivity index (χ4v) is 2.76. The van der Waals surface area contributed by atoms with Crippen LogP contribution in [0.15, 0.2) is 18.2 Å². The highest BCUT2D eigenvalue weighted by Crippen LogP contribution is 2.20. The minimum atomic E-state index is -0.499. The molecule has 0 bridgehead atoms. The summed E-state index contributed by atoms with van der Waals surface area (Å²) in [5, 5.41) is 3.32. The number of benzene rings is 1. The Balaban J connectivity index is 2.19. The van der Waals surface area contributed by atoms with Crippen LogP contribution in [0.1, 0.15) is 36.5 Å². The Bertz CT molecular complexity index is 487. The third-order valence-corrected chi connectivity index (χ3v) is 3.84. The highest BCUT2D eigenvalue weighted by atomic mass is 19.1. The average molecular weight is 294 g/mol. The quantitative estimate of drug-likeness (QED) is 0.907. The van der Waals surface area contributed by atoms with Gasteiger partial charge in [-0.2, -0.15) is 0 Å². The number of hydrogen-bond acceptors (Lipinski definition) is 3. The van der Waals surface area contributed by atoms with Crippen molar-refractivity contribution in [3.8, 4) is 5.75 Å². The number of nitrogens with zero attached hydrogens (tertiary/aromatic N) is 1. The third-order valence-electron chi connectivity index (χ3n) is 3.84. The van der Waals surface area contributed by atoms with Crippen molar-refractivity contribution in [2.45, 2.75) is 32.2 Å². The van der Waals surface area contributed by atoms with Gasteiger partial charge in [-0.1, -0.05) is 6.92 Å². The summed E-state index contributed by atoms with van der Waals surface area (Å²) in [4.78, 5) is 14.5. The first-order valence-corrected chi connectivity index (χ1v) is 7.52. The summed E-state index contributed by atoms with van der Waals surface area (Å²) in [6.45, 7) is 4.55. The molecule has 0 aromatic heterocycles. The topological polar surface area (TPSA) is 41.6 Å². The first-order chi connectivity index (χ1) is 10.2. The number of hydrogen-bond donors (Lipinski definition) is 1. The van der Waals surface area contributed by atoms with Crippen LogP contribution in [0.25, 0.3) is 0 Å². The summed E-state index contributed by atoms with van der Waals surface area (Å²) in [6.07, 6.45) is 2.95. The summed E-state index contributed by atoms with van der Waals surface area (Å²) in [5.41, 5.74) is 0.382. The largest absolute Gasteiger partial charge is 0.494 e. The zero-order chi connectivity index (χ0) is 15.2. The number of ether oxygens (including phenoxy) is 1. The molecule has 1 fully saturated rings. The van der Waals surface area contributed by atoms with E-state index in [2.05, 4.69) is 5.32 Å². The van der Waals surface area contributed by atoms with Crippen LogP contribution >= 0.6 is 0 Å². The van der Waals surface area contributed by atoms with Gasteiger partial charge in [0.25, 0.3) is 5.91 Å². The number of rotatable bonds is 5. The lowest BCUT2D eigenvalue weighted by Crippen LogP contribution is -2.49. The van der Waals surface area contributed by atoms with Gasteiger partial charge in [-0.05, 0) is 44.0 Å². The monoisotopic (exact) mass is 294 g/mol. The summed E-state index contributed by atoms with van der Waals surface area (Å²) in [5.74, 6) is -0.443. The Morgan fingerprint density at radius 1 is 1.52 bits per heavy atom. The van der Waals surface area contributed by atoms with Gasteiger partial charge in [0.15, 0.2) is 11.6 Å². The van der Waals surface area contributed by atoms with Crippen LogP contribution < -0.4 is 10.1 Å². The van der Waals surface area contributed by atoms with Gasteiger partial charge in [-0.15, -0.1) is 0 Å². The average Bonchev–Trinajstić information content (AvgIpc) is 2.52. The van der Waals surface area contributed by atoms with Crippen molar-refractivity contribution < 1.29 is 13.9 Å². The molecule has 0 saturated carbocycles. The van der Waals surface area contributed by atoms with Crippen molar-refractivity contribution in [3.63, 3.8) is 0 Å². The standard InChI is InChI=1S/C16H23FN2O2/c1-3-9-19(13-5-4-8-18-11-13)16(20)12-6-7-15(21-2)14(17)10-12/h6-7,10,13,18H,3-5,8-9,11H2,1-2H3. The summed E-state index contributed by atoms with van der Waals surface area (Å²) in [7, 11) is 1.41. The SMILES string of the molecule is CCCN(C(=O)c1ccc(OC)c(F)c1)C1CCCNC1. The number of halogens is 1. The lowest BCUT2D eigenvalue weighted by atomic mass is 10.0. The van der Waals surface area contributed by atoms with E-state index in [1.165, 1.54) is 19.2 Å². The molecule has 1 atom stereocenters. The Morgan fingerprint density at radius 3 is 2.90 bits per heavy atom. The molecule has 1 unspecified atom stereocenters. The van der Waals surface area contributed by atoms with Crippen molar-refractivity contribution in [2.75, 3.05) is 26.7 Å². The Morgan fingerprint density at radius 2 is 2.33 bits per heavy atom. The van der Waals surface area contributed by atoms with Gasteiger partial charge in [0, 0.05) is 24.7 Å². The summed E-state index contributed by atoms with van der Waals surface area (Å²) >= 11 is 0. The van der Waals surface area contributed by atoms with Gasteiger partial charge in [0.1, 0.15) is 0 Å². The summed E-state index contributed by atoms with van der Waals surface area (Å²) < 4.78 is 18.7. The first-order valence-electron chi connectivity index (χ1n) is 7.52. The van der Waals surface area contributed by atoms with E-state index in [0.717, 1.165) is 32.4 Å². The molecule has 4 nitrogen and oxygen atoms in total. The van der Waals surface area contributed by atoms with Crippen molar-refractivity contribution in [1.82, 2.24) is 10.2 Å². The summed E-state index contributed by atoms with van der Waals surface area (Å²) in [6, 6.07) is 4.59. The van der Waals surface area contributed by atoms with E-state index < -0.39 is 5.82 Å². The molecule has 1 aliphatic rings. The zero-order valence-electron chi connectivity index (χ0n) is 12.7. The second-order valence-electron chi connectivity index (χ2n) is 5.35. The number of piperidine rings is 1. The molecule has 1 aliphatic heterocycles. The molecule has 0 radical (unpaired) electrons. The molecule has 1 aromatic carbocycles. The van der Waals surface area contributed by atoms with E-state index in [9.17, 15) is 9.18 Å². The predicted molar refractivity (Wildman–Crippen MR) is 80.2 cm³/mol. The number of amides is 1. The fraction of sp³-hybridized carbons (Fsp3) is 0.562. The second-order valence-corrected chi connectivity index (χ2v) is 5.35. The maximum atomic E-state index is 13.8. The number of carbonyl (C=O) groups excluding carboxylic acids is 1. The second kappa shape index (κ2) is 7.41. The van der Waals surface area contributed by atoms with E-state index >= 15 is 0 Å². The Kier molecular flexibility index (Phi) is 5.56. The van der Waals surface area contributed by atoms with E-state index in [4.69, 9.17) is 4.74 Å². The molecular weight excluding hydrogens is 271 g/mol. The highest BCUT2D eigenvalue weighted by molar-refractivity contribution is 5.94. The predicted octanol–water partition coefficient (Wildman–Crippen LogP) is 2.44. The minimum Gasteiger partial charge on any atom is -0.494 e. The van der Waals surface area contributed by atoms with E-state index in [-0.39, 0.29) is 17.7 Å². The van der Waals surface area contributed by atoms with E-state index in [0.29, 0.717) is 12.1 Å². The lowest BCUT2D eigenvalue weighted by molar-refractivity contribution is 0.0648. The Hall–Kier alpha value is -1.62. The molecule has 0 aliphatic carbocycles. The van der Waals surface area contributed by atoms with Crippen LogP contribution in [0.5, 0.6) is 5.75 Å². The molecule has 1 saturated heterocycles. The van der Waals surface area contributed by atoms with Crippen molar-refractivity contribution >= 4 is 5.91 Å². The minimum absolute atomic E-state index is 0.105. The maximum absolute atomic E-state index is 13.8. The Labute approximate surface area is 125 Å². The molecule has 21 heavy (non-hydrogen) atoms. The van der Waals surface area contributed by atoms with Crippen LogP contribution in [0.4, 0.5) is 4.39 Å². The smallest absolute Gasteiger partial charge is 0.254 e. The van der Waals surface area contributed by atoms with E-state index in [1.807, 2.05) is 11.8 Å². The number of methoxy groups -OCH3 is 1. The van der Waals surface area contributed by atoms with Gasteiger partial charge < -0.3 is 15.0 Å². The van der Waals surface area contributed by atoms with Gasteiger partial charge in [0.05, 0.1) is 7.11 Å². The third kappa shape index (κ3) is 3.73. The molecule has 1 N–H and O–H groups in total. The molecule has 5 heteroatoms. The molecule has 2 rings (SSSR count). The van der Waals surface area contributed by atoms with E-state index in [1.54, 1.807) is 6.07 Å². The molecular formula is C16H23FN2O2. The molecule has 1 heterocycles. The maximum Gasteiger partial charge on any atom is 0.254 e. The van der Waals surface area contributed by atoms with Crippen LogP contribution in [0.2, 0.25) is 0 Å². The first kappa shape index (κ1) is 15.8. The fourth-order valence-electron chi connectivity index (χ4n) is 2.76. The van der Waals surface area contributed by atoms with Gasteiger partial charge >= 0.3 is 0 Å². The van der Waals surface area contributed by atoms with Gasteiger partial charge in [-0.25, -0.2) is 4.39 Å². The van der Waals surface area contributed by atoms with Crippen molar-refractivity contribution in [1.29, 1.82) is 0 Å². The lowest BCUT2D eigenvalue weighted by Gasteiger charge is -2.34.